The Bertz CT molecular complexity index is 513. The highest BCUT2D eigenvalue weighted by Gasteiger charge is 2.04. The molecule has 3 N–H and O–H groups in total. The van der Waals surface area contributed by atoms with Crippen LogP contribution in [0.25, 0.3) is 0 Å². The molecule has 2 heterocycles. The highest BCUT2D eigenvalue weighted by Crippen LogP contribution is 2.20. The third-order valence-electron chi connectivity index (χ3n) is 1.97. The molecule has 0 fully saturated rings. The van der Waals surface area contributed by atoms with Crippen LogP contribution >= 0.6 is 11.8 Å². The molecule has 0 aliphatic heterocycles. The molecule has 0 atom stereocenters. The molecule has 0 saturated heterocycles. The minimum absolute atomic E-state index is 0.00651. The molecule has 88 valence electrons. The van der Waals surface area contributed by atoms with Gasteiger partial charge in [-0.15, -0.1) is 0 Å². The van der Waals surface area contributed by atoms with Gasteiger partial charge >= 0.3 is 0 Å². The van der Waals surface area contributed by atoms with Crippen LogP contribution in [0.2, 0.25) is 0 Å². The van der Waals surface area contributed by atoms with Gasteiger partial charge in [0.05, 0.1) is 6.20 Å². The van der Waals surface area contributed by atoms with Crippen LogP contribution in [-0.4, -0.2) is 21.0 Å². The molecule has 2 aromatic heterocycles. The maximum absolute atomic E-state index is 8.55. The first-order valence-corrected chi connectivity index (χ1v) is 5.73. The van der Waals surface area contributed by atoms with Crippen LogP contribution in [0, 0.1) is 0 Å². The van der Waals surface area contributed by atoms with Crippen molar-refractivity contribution in [2.75, 3.05) is 0 Å². The predicted molar refractivity (Wildman–Crippen MR) is 62.8 cm³/mol. The second-order valence-corrected chi connectivity index (χ2v) is 4.05. The third kappa shape index (κ3) is 2.97. The summed E-state index contributed by atoms with van der Waals surface area (Å²) < 4.78 is 5.10. The Morgan fingerprint density at radius 2 is 2.35 bits per heavy atom. The SMILES string of the molecule is N/C(=N/O)c1cc(CSc2ncco2)ccn1. The first-order chi connectivity index (χ1) is 8.29. The van der Waals surface area contributed by atoms with Crippen molar-refractivity contribution in [2.24, 2.45) is 10.9 Å². The summed E-state index contributed by atoms with van der Waals surface area (Å²) in [5.74, 6) is 0.669. The van der Waals surface area contributed by atoms with Crippen LogP contribution in [-0.2, 0) is 5.75 Å². The number of nitrogens with two attached hydrogens (primary N) is 1. The van der Waals surface area contributed by atoms with Crippen molar-refractivity contribution in [2.45, 2.75) is 11.0 Å². The Labute approximate surface area is 102 Å². The summed E-state index contributed by atoms with van der Waals surface area (Å²) in [7, 11) is 0. The Balaban J connectivity index is 2.06. The Morgan fingerprint density at radius 1 is 1.47 bits per heavy atom. The topological polar surface area (TPSA) is 97.5 Å². The van der Waals surface area contributed by atoms with Crippen molar-refractivity contribution < 1.29 is 9.62 Å². The first-order valence-electron chi connectivity index (χ1n) is 4.74. The lowest BCUT2D eigenvalue weighted by Gasteiger charge is -2.01. The van der Waals surface area contributed by atoms with Crippen LogP contribution in [0.15, 0.2) is 45.6 Å². The second kappa shape index (κ2) is 5.35. The van der Waals surface area contributed by atoms with Gasteiger partial charge in [0.15, 0.2) is 5.84 Å². The van der Waals surface area contributed by atoms with Crippen LogP contribution in [0.4, 0.5) is 0 Å². The van der Waals surface area contributed by atoms with E-state index in [9.17, 15) is 0 Å². The number of aromatic nitrogens is 2. The molecule has 0 amide bonds. The molecule has 0 bridgehead atoms. The van der Waals surface area contributed by atoms with Crippen LogP contribution in [0.3, 0.4) is 0 Å². The smallest absolute Gasteiger partial charge is 0.255 e. The molecule has 7 heteroatoms. The lowest BCUT2D eigenvalue weighted by atomic mass is 10.2. The van der Waals surface area contributed by atoms with E-state index in [4.69, 9.17) is 15.4 Å². The number of oxazole rings is 1. The highest BCUT2D eigenvalue weighted by molar-refractivity contribution is 7.98. The monoisotopic (exact) mass is 250 g/mol. The minimum Gasteiger partial charge on any atom is -0.440 e. The molecule has 2 rings (SSSR count). The summed E-state index contributed by atoms with van der Waals surface area (Å²) in [5.41, 5.74) is 6.89. The summed E-state index contributed by atoms with van der Waals surface area (Å²) in [4.78, 5) is 7.99. The van der Waals surface area contributed by atoms with Crippen LogP contribution in [0.5, 0.6) is 0 Å². The van der Waals surface area contributed by atoms with Gasteiger partial charge in [-0.25, -0.2) is 4.98 Å². The van der Waals surface area contributed by atoms with E-state index in [1.807, 2.05) is 6.07 Å². The number of hydrogen-bond donors (Lipinski definition) is 2. The molecule has 0 aromatic carbocycles. The standard InChI is InChI=1S/C10H10N4O2S/c11-9(14-15)8-5-7(1-2-12-8)6-17-10-13-3-4-16-10/h1-5,15H,6H2,(H2,11,14). The van der Waals surface area contributed by atoms with Gasteiger partial charge in [0.1, 0.15) is 12.0 Å². The maximum atomic E-state index is 8.55. The fraction of sp³-hybridized carbons (Fsp3) is 0.100. The summed E-state index contributed by atoms with van der Waals surface area (Å²) in [6.45, 7) is 0. The summed E-state index contributed by atoms with van der Waals surface area (Å²) >= 11 is 1.46. The average Bonchev–Trinajstić information content (AvgIpc) is 2.89. The van der Waals surface area contributed by atoms with Gasteiger partial charge in [-0.05, 0) is 17.7 Å². The highest BCUT2D eigenvalue weighted by atomic mass is 32.2. The third-order valence-corrected chi connectivity index (χ3v) is 2.89. The van der Waals surface area contributed by atoms with Crippen molar-refractivity contribution in [3.63, 3.8) is 0 Å². The molecule has 6 nitrogen and oxygen atoms in total. The van der Waals surface area contributed by atoms with E-state index in [1.54, 1.807) is 18.5 Å². The van der Waals surface area contributed by atoms with E-state index in [0.29, 0.717) is 16.7 Å². The molecule has 0 aliphatic rings. The lowest BCUT2D eigenvalue weighted by molar-refractivity contribution is 0.318. The molecule has 0 saturated carbocycles. The maximum Gasteiger partial charge on any atom is 0.255 e. The van der Waals surface area contributed by atoms with Crippen molar-refractivity contribution >= 4 is 17.6 Å². The number of pyridine rings is 1. The van der Waals surface area contributed by atoms with Crippen LogP contribution < -0.4 is 5.73 Å². The van der Waals surface area contributed by atoms with Gasteiger partial charge < -0.3 is 15.4 Å². The van der Waals surface area contributed by atoms with Gasteiger partial charge in [0.2, 0.25) is 0 Å². The van der Waals surface area contributed by atoms with Gasteiger partial charge in [-0.2, -0.15) is 0 Å². The largest absolute Gasteiger partial charge is 0.440 e. The minimum atomic E-state index is -0.00651. The lowest BCUT2D eigenvalue weighted by Crippen LogP contribution is -2.15. The number of nitrogens with zero attached hydrogens (tertiary/aromatic N) is 3. The van der Waals surface area contributed by atoms with E-state index >= 15 is 0 Å². The van der Waals surface area contributed by atoms with E-state index in [0.717, 1.165) is 5.56 Å². The van der Waals surface area contributed by atoms with Crippen molar-refractivity contribution in [1.82, 2.24) is 9.97 Å². The van der Waals surface area contributed by atoms with Crippen LogP contribution in [0.1, 0.15) is 11.3 Å². The number of thioether (sulfide) groups is 1. The van der Waals surface area contributed by atoms with E-state index in [2.05, 4.69) is 15.1 Å². The van der Waals surface area contributed by atoms with Crippen molar-refractivity contribution in [1.29, 1.82) is 0 Å². The van der Waals surface area contributed by atoms with E-state index in [1.165, 1.54) is 18.0 Å². The molecular formula is C10H10N4O2S. The Hall–Kier alpha value is -2.02. The Morgan fingerprint density at radius 3 is 3.06 bits per heavy atom. The zero-order valence-corrected chi connectivity index (χ0v) is 9.59. The van der Waals surface area contributed by atoms with Crippen molar-refractivity contribution in [3.05, 3.63) is 42.0 Å². The summed E-state index contributed by atoms with van der Waals surface area (Å²) in [5, 5.41) is 12.1. The molecule has 0 unspecified atom stereocenters. The number of amidine groups is 1. The fourth-order valence-electron chi connectivity index (χ4n) is 1.18. The molecule has 0 spiro atoms. The van der Waals surface area contributed by atoms with E-state index in [-0.39, 0.29) is 5.84 Å². The van der Waals surface area contributed by atoms with Gasteiger partial charge in [0, 0.05) is 11.9 Å². The summed E-state index contributed by atoms with van der Waals surface area (Å²) in [6, 6.07) is 3.61. The zero-order valence-electron chi connectivity index (χ0n) is 8.78. The predicted octanol–water partition coefficient (Wildman–Crippen LogP) is 1.46. The molecule has 0 aliphatic carbocycles. The molecule has 17 heavy (non-hydrogen) atoms. The van der Waals surface area contributed by atoms with Gasteiger partial charge in [0.25, 0.3) is 5.22 Å². The first kappa shape index (κ1) is 11.5. The fourth-order valence-corrected chi connectivity index (χ4v) is 1.91. The quantitative estimate of drug-likeness (QED) is 0.280. The number of rotatable bonds is 4. The zero-order chi connectivity index (χ0) is 12.1. The number of hydrogen-bond acceptors (Lipinski definition) is 6. The normalized spacial score (nSPS) is 11.6. The van der Waals surface area contributed by atoms with Gasteiger partial charge in [-0.1, -0.05) is 16.9 Å². The molecule has 0 radical (unpaired) electrons. The number of oxime groups is 1. The molecule has 2 aromatic rings. The molecular weight excluding hydrogens is 240 g/mol. The van der Waals surface area contributed by atoms with Gasteiger partial charge in [-0.3, -0.25) is 4.98 Å². The second-order valence-electron chi connectivity index (χ2n) is 3.12. The average molecular weight is 250 g/mol. The Kier molecular flexibility index (Phi) is 3.61. The van der Waals surface area contributed by atoms with Crippen molar-refractivity contribution in [3.8, 4) is 0 Å². The van der Waals surface area contributed by atoms with E-state index < -0.39 is 0 Å². The summed E-state index contributed by atoms with van der Waals surface area (Å²) in [6.07, 6.45) is 4.73.